The van der Waals surface area contributed by atoms with Gasteiger partial charge in [0.05, 0.1) is 10.2 Å². The molecule has 1 saturated heterocycles. The number of carbonyl (C=O) groups excluding carboxylic acids is 1. The number of halogens is 1. The molecule has 1 aliphatic heterocycles. The average molecular weight is 458 g/mol. The summed E-state index contributed by atoms with van der Waals surface area (Å²) in [4.78, 5) is 21.0. The van der Waals surface area contributed by atoms with E-state index in [0.717, 1.165) is 36.6 Å². The van der Waals surface area contributed by atoms with Crippen LogP contribution in [0.25, 0.3) is 10.2 Å². The monoisotopic (exact) mass is 457 g/mol. The average Bonchev–Trinajstić information content (AvgIpc) is 3.22. The molecule has 1 aromatic heterocycles. The van der Waals surface area contributed by atoms with E-state index in [9.17, 15) is 9.18 Å². The highest BCUT2D eigenvalue weighted by atomic mass is 32.1. The SMILES string of the molecule is CC(=O)OC(COc1ccc(F)cc1)CN1CCC(N(C)c2nc3ccccc3s2)CC1. The van der Waals surface area contributed by atoms with Gasteiger partial charge in [-0.05, 0) is 49.2 Å². The number of carbonyl (C=O) groups is 1. The standard InChI is InChI=1S/C24H28FN3O3S/c1-17(29)31-21(16-30-20-9-7-18(25)8-10-20)15-28-13-11-19(12-14-28)27(2)24-26-22-5-3-4-6-23(22)32-24/h3-10,19,21H,11-16H2,1-2H3. The molecular weight excluding hydrogens is 429 g/mol. The zero-order valence-corrected chi connectivity index (χ0v) is 19.2. The van der Waals surface area contributed by atoms with Gasteiger partial charge in [-0.15, -0.1) is 0 Å². The molecule has 2 aromatic carbocycles. The summed E-state index contributed by atoms with van der Waals surface area (Å²) in [5.74, 6) is -0.0875. The molecule has 0 radical (unpaired) electrons. The Morgan fingerprint density at radius 1 is 1.22 bits per heavy atom. The number of thiazole rings is 1. The molecule has 1 aliphatic rings. The lowest BCUT2D eigenvalue weighted by molar-refractivity contribution is -0.149. The van der Waals surface area contributed by atoms with Crippen molar-refractivity contribution in [1.82, 2.24) is 9.88 Å². The number of fused-ring (bicyclic) bond motifs is 1. The highest BCUT2D eigenvalue weighted by Crippen LogP contribution is 2.31. The van der Waals surface area contributed by atoms with Crippen LogP contribution >= 0.6 is 11.3 Å². The van der Waals surface area contributed by atoms with Crippen LogP contribution in [0.1, 0.15) is 19.8 Å². The maximum atomic E-state index is 13.1. The predicted octanol–water partition coefficient (Wildman–Crippen LogP) is 4.35. The molecule has 0 saturated carbocycles. The van der Waals surface area contributed by atoms with Gasteiger partial charge in [0.2, 0.25) is 0 Å². The van der Waals surface area contributed by atoms with Gasteiger partial charge in [-0.25, -0.2) is 9.37 Å². The zero-order valence-electron chi connectivity index (χ0n) is 18.4. The lowest BCUT2D eigenvalue weighted by atomic mass is 10.0. The van der Waals surface area contributed by atoms with Crippen molar-refractivity contribution in [2.45, 2.75) is 31.9 Å². The van der Waals surface area contributed by atoms with Crippen molar-refractivity contribution in [2.75, 3.05) is 38.2 Å². The summed E-state index contributed by atoms with van der Waals surface area (Å²) in [6, 6.07) is 14.5. The maximum Gasteiger partial charge on any atom is 0.303 e. The number of nitrogens with zero attached hydrogens (tertiary/aromatic N) is 3. The molecule has 1 unspecified atom stereocenters. The Morgan fingerprint density at radius 2 is 1.94 bits per heavy atom. The second-order valence-electron chi connectivity index (χ2n) is 8.10. The van der Waals surface area contributed by atoms with Gasteiger partial charge >= 0.3 is 5.97 Å². The summed E-state index contributed by atoms with van der Waals surface area (Å²) in [5, 5.41) is 1.05. The Morgan fingerprint density at radius 3 is 2.62 bits per heavy atom. The fourth-order valence-electron chi connectivity index (χ4n) is 4.02. The molecule has 0 amide bonds. The highest BCUT2D eigenvalue weighted by Gasteiger charge is 2.27. The van der Waals surface area contributed by atoms with Crippen LogP contribution in [0.15, 0.2) is 48.5 Å². The summed E-state index contributed by atoms with van der Waals surface area (Å²) >= 11 is 1.73. The number of anilines is 1. The number of piperidine rings is 1. The Kier molecular flexibility index (Phi) is 7.22. The number of hydrogen-bond donors (Lipinski definition) is 0. The molecule has 1 atom stereocenters. The Bertz CT molecular complexity index is 1000. The maximum absolute atomic E-state index is 13.1. The number of likely N-dealkylation sites (tertiary alicyclic amines) is 1. The van der Waals surface area contributed by atoms with Crippen molar-refractivity contribution >= 4 is 32.7 Å². The lowest BCUT2D eigenvalue weighted by Gasteiger charge is -2.37. The van der Waals surface area contributed by atoms with Crippen LogP contribution in [0.2, 0.25) is 0 Å². The van der Waals surface area contributed by atoms with E-state index in [2.05, 4.69) is 29.0 Å². The van der Waals surface area contributed by atoms with Crippen molar-refractivity contribution in [3.8, 4) is 5.75 Å². The molecule has 4 rings (SSSR count). The second-order valence-corrected chi connectivity index (χ2v) is 9.11. The Hall–Kier alpha value is -2.71. The zero-order chi connectivity index (χ0) is 22.5. The van der Waals surface area contributed by atoms with E-state index in [1.807, 2.05) is 12.1 Å². The molecule has 8 heteroatoms. The van der Waals surface area contributed by atoms with Crippen molar-refractivity contribution in [1.29, 1.82) is 0 Å². The number of ether oxygens (including phenoxy) is 2. The molecule has 0 aliphatic carbocycles. The molecule has 0 N–H and O–H groups in total. The molecular formula is C24H28FN3O3S. The third-order valence-electron chi connectivity index (χ3n) is 5.73. The van der Waals surface area contributed by atoms with Gasteiger partial charge in [0.25, 0.3) is 0 Å². The Labute approximate surface area is 191 Å². The summed E-state index contributed by atoms with van der Waals surface area (Å²) < 4.78 is 25.5. The van der Waals surface area contributed by atoms with E-state index >= 15 is 0 Å². The first-order valence-corrected chi connectivity index (χ1v) is 11.7. The van der Waals surface area contributed by atoms with Gasteiger partial charge in [0.15, 0.2) is 5.13 Å². The van der Waals surface area contributed by atoms with Crippen LogP contribution < -0.4 is 9.64 Å². The topological polar surface area (TPSA) is 54.9 Å². The fourth-order valence-corrected chi connectivity index (χ4v) is 5.02. The third-order valence-corrected chi connectivity index (χ3v) is 6.86. The number of hydrogen-bond acceptors (Lipinski definition) is 7. The largest absolute Gasteiger partial charge is 0.490 e. The van der Waals surface area contributed by atoms with Gasteiger partial charge in [-0.1, -0.05) is 23.5 Å². The first kappa shape index (κ1) is 22.5. The van der Waals surface area contributed by atoms with Gasteiger partial charge in [0, 0.05) is 39.6 Å². The van der Waals surface area contributed by atoms with Crippen molar-refractivity contribution < 1.29 is 18.7 Å². The number of para-hydroxylation sites is 1. The minimum atomic E-state index is -0.379. The van der Waals surface area contributed by atoms with Crippen LogP contribution in [-0.4, -0.2) is 61.3 Å². The summed E-state index contributed by atoms with van der Waals surface area (Å²) in [6.45, 7) is 4.07. The van der Waals surface area contributed by atoms with Gasteiger partial charge < -0.3 is 14.4 Å². The molecule has 170 valence electrons. The smallest absolute Gasteiger partial charge is 0.303 e. The van der Waals surface area contributed by atoms with Crippen molar-refractivity contribution in [3.05, 3.63) is 54.3 Å². The third kappa shape index (κ3) is 5.75. The molecule has 2 heterocycles. The van der Waals surface area contributed by atoms with Crippen LogP contribution in [-0.2, 0) is 9.53 Å². The normalized spacial score (nSPS) is 16.1. The predicted molar refractivity (Wildman–Crippen MR) is 125 cm³/mol. The fraction of sp³-hybridized carbons (Fsp3) is 0.417. The highest BCUT2D eigenvalue weighted by molar-refractivity contribution is 7.22. The van der Waals surface area contributed by atoms with E-state index < -0.39 is 0 Å². The van der Waals surface area contributed by atoms with Crippen LogP contribution in [0.4, 0.5) is 9.52 Å². The van der Waals surface area contributed by atoms with Gasteiger partial charge in [-0.2, -0.15) is 0 Å². The summed E-state index contributed by atoms with van der Waals surface area (Å²) in [7, 11) is 2.12. The van der Waals surface area contributed by atoms with Gasteiger partial charge in [0.1, 0.15) is 24.3 Å². The number of esters is 1. The molecule has 32 heavy (non-hydrogen) atoms. The van der Waals surface area contributed by atoms with Gasteiger partial charge in [-0.3, -0.25) is 9.69 Å². The Balaban J connectivity index is 1.30. The number of aromatic nitrogens is 1. The lowest BCUT2D eigenvalue weighted by Crippen LogP contribution is -2.47. The van der Waals surface area contributed by atoms with Crippen molar-refractivity contribution in [3.63, 3.8) is 0 Å². The number of benzene rings is 2. The number of rotatable bonds is 8. The summed E-state index contributed by atoms with van der Waals surface area (Å²) in [6.07, 6.45) is 1.65. The van der Waals surface area contributed by atoms with E-state index in [1.165, 1.54) is 23.8 Å². The van der Waals surface area contributed by atoms with E-state index in [-0.39, 0.29) is 24.5 Å². The van der Waals surface area contributed by atoms with Crippen LogP contribution in [0.3, 0.4) is 0 Å². The first-order chi connectivity index (χ1) is 15.5. The van der Waals surface area contributed by atoms with Crippen LogP contribution in [0, 0.1) is 5.82 Å². The molecule has 3 aromatic rings. The minimum absolute atomic E-state index is 0.233. The quantitative estimate of drug-likeness (QED) is 0.469. The molecule has 6 nitrogen and oxygen atoms in total. The van der Waals surface area contributed by atoms with E-state index in [1.54, 1.807) is 23.5 Å². The second kappa shape index (κ2) is 10.3. The summed E-state index contributed by atoms with van der Waals surface area (Å²) in [5.41, 5.74) is 1.04. The van der Waals surface area contributed by atoms with Crippen LogP contribution in [0.5, 0.6) is 5.75 Å². The van der Waals surface area contributed by atoms with E-state index in [0.29, 0.717) is 18.3 Å². The molecule has 0 spiro atoms. The molecule has 1 fully saturated rings. The minimum Gasteiger partial charge on any atom is -0.490 e. The molecule has 0 bridgehead atoms. The van der Waals surface area contributed by atoms with Crippen molar-refractivity contribution in [2.24, 2.45) is 0 Å². The first-order valence-electron chi connectivity index (χ1n) is 10.8. The van der Waals surface area contributed by atoms with E-state index in [4.69, 9.17) is 14.5 Å².